The third-order valence-electron chi connectivity index (χ3n) is 3.72. The molecular formula is C14H15ClF3N3O2. The molecule has 1 aliphatic rings. The summed E-state index contributed by atoms with van der Waals surface area (Å²) < 4.78 is 38.9. The highest BCUT2D eigenvalue weighted by Crippen LogP contribution is 2.32. The number of piperidine rings is 1. The van der Waals surface area contributed by atoms with E-state index in [1.54, 1.807) is 0 Å². The molecule has 5 nitrogen and oxygen atoms in total. The normalized spacial score (nSPS) is 21.9. The van der Waals surface area contributed by atoms with Gasteiger partial charge in [0.2, 0.25) is 5.91 Å². The zero-order valence-corrected chi connectivity index (χ0v) is 13.0. The molecule has 2 heterocycles. The lowest BCUT2D eigenvalue weighted by Crippen LogP contribution is -2.57. The highest BCUT2D eigenvalue weighted by Gasteiger charge is 2.47. The van der Waals surface area contributed by atoms with Crippen molar-refractivity contribution in [1.29, 1.82) is 0 Å². The minimum absolute atomic E-state index is 0.127. The van der Waals surface area contributed by atoms with Gasteiger partial charge < -0.3 is 10.2 Å². The number of carbonyl (C=O) groups excluding carboxylic acids is 2. The molecule has 23 heavy (non-hydrogen) atoms. The Labute approximate surface area is 135 Å². The summed E-state index contributed by atoms with van der Waals surface area (Å²) in [4.78, 5) is 28.1. The molecular weight excluding hydrogens is 335 g/mol. The van der Waals surface area contributed by atoms with Gasteiger partial charge in [0.15, 0.2) is 0 Å². The molecule has 2 amide bonds. The Bertz CT molecular complexity index is 609. The maximum atomic E-state index is 13.0. The number of hydrogen-bond donors (Lipinski definition) is 1. The lowest BCUT2D eigenvalue weighted by molar-refractivity contribution is -0.196. The number of hydrogen-bond acceptors (Lipinski definition) is 3. The van der Waals surface area contributed by atoms with Gasteiger partial charge in [-0.05, 0) is 18.9 Å². The molecule has 0 radical (unpaired) electrons. The molecule has 0 spiro atoms. The van der Waals surface area contributed by atoms with E-state index in [2.05, 4.69) is 10.3 Å². The van der Waals surface area contributed by atoms with Crippen molar-refractivity contribution in [2.75, 3.05) is 6.54 Å². The fraction of sp³-hybridized carbons (Fsp3) is 0.500. The average Bonchev–Trinajstić information content (AvgIpc) is 2.46. The summed E-state index contributed by atoms with van der Waals surface area (Å²) in [6.07, 6.45) is -1.91. The molecule has 9 heteroatoms. The van der Waals surface area contributed by atoms with Crippen LogP contribution < -0.4 is 5.32 Å². The first-order chi connectivity index (χ1) is 10.7. The van der Waals surface area contributed by atoms with Crippen LogP contribution in [0.5, 0.6) is 0 Å². The third kappa shape index (κ3) is 4.13. The van der Waals surface area contributed by atoms with Crippen molar-refractivity contribution in [3.63, 3.8) is 0 Å². The molecule has 1 aromatic heterocycles. The molecule has 126 valence electrons. The van der Waals surface area contributed by atoms with Crippen molar-refractivity contribution < 1.29 is 22.8 Å². The topological polar surface area (TPSA) is 62.3 Å². The first-order valence-corrected chi connectivity index (χ1v) is 7.32. The molecule has 0 bridgehead atoms. The fourth-order valence-electron chi connectivity index (χ4n) is 2.60. The number of rotatable bonds is 2. The van der Waals surface area contributed by atoms with Crippen LogP contribution in [0.2, 0.25) is 5.02 Å². The zero-order valence-electron chi connectivity index (χ0n) is 12.2. The molecule has 1 fully saturated rings. The van der Waals surface area contributed by atoms with Gasteiger partial charge in [0.25, 0.3) is 5.91 Å². The second kappa shape index (κ2) is 6.74. The fourth-order valence-corrected chi connectivity index (χ4v) is 2.80. The Balaban J connectivity index is 2.07. The average molecular weight is 350 g/mol. The largest absolute Gasteiger partial charge is 0.408 e. The number of likely N-dealkylation sites (tertiary alicyclic amines) is 1. The molecule has 1 aromatic rings. The van der Waals surface area contributed by atoms with Crippen LogP contribution in [0.3, 0.4) is 0 Å². The van der Waals surface area contributed by atoms with Gasteiger partial charge in [-0.3, -0.25) is 14.6 Å². The Morgan fingerprint density at radius 3 is 2.65 bits per heavy atom. The predicted octanol–water partition coefficient (Wildman–Crippen LogP) is 2.41. The number of aromatic nitrogens is 1. The van der Waals surface area contributed by atoms with Crippen LogP contribution in [-0.2, 0) is 4.79 Å². The summed E-state index contributed by atoms with van der Waals surface area (Å²) in [5.41, 5.74) is 0.189. The van der Waals surface area contributed by atoms with Crippen molar-refractivity contribution >= 4 is 23.4 Å². The minimum Gasteiger partial charge on any atom is -0.347 e. The molecule has 2 rings (SSSR count). The Hall–Kier alpha value is -1.83. The Morgan fingerprint density at radius 2 is 2.09 bits per heavy atom. The Kier molecular flexibility index (Phi) is 5.13. The number of amides is 2. The second-order valence-electron chi connectivity index (χ2n) is 5.33. The summed E-state index contributed by atoms with van der Waals surface area (Å²) in [6.45, 7) is 0.899. The van der Waals surface area contributed by atoms with E-state index < -0.39 is 30.1 Å². The summed E-state index contributed by atoms with van der Waals surface area (Å²) in [5, 5.41) is 2.77. The summed E-state index contributed by atoms with van der Waals surface area (Å²) >= 11 is 5.86. The van der Waals surface area contributed by atoms with E-state index in [0.29, 0.717) is 0 Å². The third-order valence-corrected chi connectivity index (χ3v) is 4.02. The maximum absolute atomic E-state index is 13.0. The summed E-state index contributed by atoms with van der Waals surface area (Å²) in [5.74, 6) is -1.18. The van der Waals surface area contributed by atoms with Gasteiger partial charge in [0, 0.05) is 31.9 Å². The van der Waals surface area contributed by atoms with Crippen LogP contribution in [0, 0.1) is 0 Å². The van der Waals surface area contributed by atoms with Crippen molar-refractivity contribution in [3.05, 3.63) is 29.0 Å². The van der Waals surface area contributed by atoms with Crippen LogP contribution in [0.25, 0.3) is 0 Å². The van der Waals surface area contributed by atoms with Gasteiger partial charge in [0.05, 0.1) is 10.6 Å². The van der Waals surface area contributed by atoms with Gasteiger partial charge in [-0.2, -0.15) is 13.2 Å². The standard InChI is InChI=1S/C14H15ClF3N3O2/c1-8(22)21-7-9(2-3-12(21)14(16,17)18)20-13(23)10-4-5-19-6-11(10)15/h4-6,9,12H,2-3,7H2,1H3,(H,20,23). The van der Waals surface area contributed by atoms with Crippen LogP contribution >= 0.6 is 11.6 Å². The predicted molar refractivity (Wildman–Crippen MR) is 77.0 cm³/mol. The monoisotopic (exact) mass is 349 g/mol. The van der Waals surface area contributed by atoms with E-state index in [1.165, 1.54) is 18.5 Å². The number of nitrogens with one attached hydrogen (secondary N) is 1. The number of pyridine rings is 1. The minimum atomic E-state index is -4.48. The molecule has 1 aliphatic heterocycles. The van der Waals surface area contributed by atoms with Gasteiger partial charge >= 0.3 is 6.18 Å². The van der Waals surface area contributed by atoms with E-state index in [1.807, 2.05) is 0 Å². The lowest BCUT2D eigenvalue weighted by atomic mass is 9.97. The molecule has 0 aromatic carbocycles. The molecule has 1 N–H and O–H groups in total. The smallest absolute Gasteiger partial charge is 0.347 e. The van der Waals surface area contributed by atoms with Gasteiger partial charge in [-0.25, -0.2) is 0 Å². The van der Waals surface area contributed by atoms with Gasteiger partial charge in [-0.15, -0.1) is 0 Å². The van der Waals surface area contributed by atoms with Crippen molar-refractivity contribution in [2.45, 2.75) is 38.0 Å². The number of carbonyl (C=O) groups is 2. The van der Waals surface area contributed by atoms with Crippen molar-refractivity contribution in [3.8, 4) is 0 Å². The number of nitrogens with zero attached hydrogens (tertiary/aromatic N) is 2. The summed E-state index contributed by atoms with van der Waals surface area (Å²) in [6, 6.07) is -0.950. The summed E-state index contributed by atoms with van der Waals surface area (Å²) in [7, 11) is 0. The Morgan fingerprint density at radius 1 is 1.39 bits per heavy atom. The van der Waals surface area contributed by atoms with Crippen LogP contribution in [0.1, 0.15) is 30.1 Å². The van der Waals surface area contributed by atoms with Crippen LogP contribution in [-0.4, -0.2) is 46.5 Å². The van der Waals surface area contributed by atoms with Crippen molar-refractivity contribution in [2.24, 2.45) is 0 Å². The van der Waals surface area contributed by atoms with Crippen LogP contribution in [0.4, 0.5) is 13.2 Å². The molecule has 2 unspecified atom stereocenters. The SMILES string of the molecule is CC(=O)N1CC(NC(=O)c2ccncc2Cl)CCC1C(F)(F)F. The van der Waals surface area contributed by atoms with Gasteiger partial charge in [0.1, 0.15) is 6.04 Å². The molecule has 0 saturated carbocycles. The maximum Gasteiger partial charge on any atom is 0.408 e. The second-order valence-corrected chi connectivity index (χ2v) is 5.74. The van der Waals surface area contributed by atoms with E-state index in [9.17, 15) is 22.8 Å². The highest BCUT2D eigenvalue weighted by molar-refractivity contribution is 6.33. The molecule has 0 aliphatic carbocycles. The highest BCUT2D eigenvalue weighted by atomic mass is 35.5. The molecule has 1 saturated heterocycles. The first-order valence-electron chi connectivity index (χ1n) is 6.94. The number of halogens is 4. The van der Waals surface area contributed by atoms with Gasteiger partial charge in [-0.1, -0.05) is 11.6 Å². The molecule has 2 atom stereocenters. The quantitative estimate of drug-likeness (QED) is 0.892. The zero-order chi connectivity index (χ0) is 17.2. The van der Waals surface area contributed by atoms with E-state index in [0.717, 1.165) is 11.8 Å². The first kappa shape index (κ1) is 17.5. The van der Waals surface area contributed by atoms with E-state index in [-0.39, 0.29) is 30.0 Å². The number of alkyl halides is 3. The van der Waals surface area contributed by atoms with Crippen LogP contribution in [0.15, 0.2) is 18.5 Å². The lowest BCUT2D eigenvalue weighted by Gasteiger charge is -2.40. The van der Waals surface area contributed by atoms with Crippen molar-refractivity contribution in [1.82, 2.24) is 15.2 Å². The van der Waals surface area contributed by atoms with E-state index in [4.69, 9.17) is 11.6 Å². The van der Waals surface area contributed by atoms with E-state index >= 15 is 0 Å².